The summed E-state index contributed by atoms with van der Waals surface area (Å²) in [6.07, 6.45) is 0. The first-order valence-corrected chi connectivity index (χ1v) is 12.6. The molecule has 8 nitrogen and oxygen atoms in total. The van der Waals surface area contributed by atoms with Gasteiger partial charge >= 0.3 is 0 Å². The Bertz CT molecular complexity index is 1400. The number of hydrogen-bond donors (Lipinski definition) is 2. The maximum atomic E-state index is 12.6. The molecule has 4 aromatic rings. The summed E-state index contributed by atoms with van der Waals surface area (Å²) < 4.78 is 1.56. The third-order valence-electron chi connectivity index (χ3n) is 5.16. The first-order valence-electron chi connectivity index (χ1n) is 10.8. The smallest absolute Gasteiger partial charge is 0.282 e. The van der Waals surface area contributed by atoms with Gasteiger partial charge in [-0.25, -0.2) is 4.98 Å². The lowest BCUT2D eigenvalue weighted by Crippen LogP contribution is -2.13. The number of nitrogens with one attached hydrogen (secondary N) is 2. The van der Waals surface area contributed by atoms with Crippen molar-refractivity contribution >= 4 is 62.2 Å². The summed E-state index contributed by atoms with van der Waals surface area (Å²) in [5, 5.41) is 16.8. The summed E-state index contributed by atoms with van der Waals surface area (Å²) in [5.41, 5.74) is 2.95. The van der Waals surface area contributed by atoms with Crippen LogP contribution in [0.4, 0.5) is 17.1 Å². The molecule has 4 rings (SSSR count). The van der Waals surface area contributed by atoms with Crippen molar-refractivity contribution < 1.29 is 14.5 Å². The van der Waals surface area contributed by atoms with Crippen molar-refractivity contribution in [1.82, 2.24) is 4.98 Å². The van der Waals surface area contributed by atoms with Crippen LogP contribution in [0.15, 0.2) is 71.1 Å². The van der Waals surface area contributed by atoms with Crippen LogP contribution in [-0.2, 0) is 4.79 Å². The van der Waals surface area contributed by atoms with E-state index in [-0.39, 0.29) is 22.9 Å². The lowest BCUT2D eigenvalue weighted by atomic mass is 10.0. The molecular formula is C25H22N4O4S2. The molecule has 0 spiro atoms. The van der Waals surface area contributed by atoms with Gasteiger partial charge in [-0.1, -0.05) is 49.9 Å². The second kappa shape index (κ2) is 10.7. The van der Waals surface area contributed by atoms with Gasteiger partial charge in [0.1, 0.15) is 5.56 Å². The van der Waals surface area contributed by atoms with Crippen molar-refractivity contribution in [3.8, 4) is 0 Å². The van der Waals surface area contributed by atoms with Crippen LogP contribution < -0.4 is 10.6 Å². The van der Waals surface area contributed by atoms with E-state index in [1.165, 1.54) is 46.9 Å². The summed E-state index contributed by atoms with van der Waals surface area (Å²) in [6.45, 7) is 4.24. The zero-order valence-electron chi connectivity index (χ0n) is 19.0. The van der Waals surface area contributed by atoms with Crippen LogP contribution in [0.2, 0.25) is 0 Å². The Balaban J connectivity index is 1.38. The van der Waals surface area contributed by atoms with Gasteiger partial charge in [-0.2, -0.15) is 0 Å². The van der Waals surface area contributed by atoms with E-state index in [0.29, 0.717) is 11.6 Å². The number of carbonyl (C=O) groups is 2. The van der Waals surface area contributed by atoms with E-state index in [9.17, 15) is 19.7 Å². The van der Waals surface area contributed by atoms with Crippen LogP contribution in [0.1, 0.15) is 35.7 Å². The number of nitro groups is 1. The number of nitrogens with zero attached hydrogens (tertiary/aromatic N) is 2. The van der Waals surface area contributed by atoms with E-state index in [1.807, 2.05) is 24.3 Å². The molecule has 1 heterocycles. The van der Waals surface area contributed by atoms with Crippen molar-refractivity contribution in [3.05, 3.63) is 88.0 Å². The summed E-state index contributed by atoms with van der Waals surface area (Å²) in [7, 11) is 0. The molecule has 3 aromatic carbocycles. The molecule has 35 heavy (non-hydrogen) atoms. The van der Waals surface area contributed by atoms with Crippen molar-refractivity contribution in [2.45, 2.75) is 24.1 Å². The Hall–Kier alpha value is -3.76. The minimum Gasteiger partial charge on any atom is -0.325 e. The Morgan fingerprint density at radius 2 is 1.74 bits per heavy atom. The number of benzene rings is 3. The molecule has 0 bridgehead atoms. The van der Waals surface area contributed by atoms with E-state index in [0.717, 1.165) is 20.2 Å². The Morgan fingerprint density at radius 3 is 2.46 bits per heavy atom. The van der Waals surface area contributed by atoms with Crippen LogP contribution >= 0.6 is 23.1 Å². The topological polar surface area (TPSA) is 114 Å². The average Bonchev–Trinajstić information content (AvgIpc) is 3.25. The minimum atomic E-state index is -0.582. The van der Waals surface area contributed by atoms with Gasteiger partial charge in [-0.3, -0.25) is 19.7 Å². The molecule has 0 aliphatic rings. The maximum absolute atomic E-state index is 12.6. The van der Waals surface area contributed by atoms with Crippen molar-refractivity contribution in [2.75, 3.05) is 16.4 Å². The van der Waals surface area contributed by atoms with Crippen molar-refractivity contribution in [1.29, 1.82) is 0 Å². The second-order valence-electron chi connectivity index (χ2n) is 8.00. The first kappa shape index (κ1) is 24.4. The fourth-order valence-corrected chi connectivity index (χ4v) is 5.25. The Morgan fingerprint density at radius 1 is 1.03 bits per heavy atom. The highest BCUT2D eigenvalue weighted by Gasteiger charge is 2.19. The number of hydrogen-bond acceptors (Lipinski definition) is 7. The molecule has 10 heteroatoms. The van der Waals surface area contributed by atoms with Gasteiger partial charge in [0.2, 0.25) is 5.91 Å². The number of para-hydroxylation sites is 1. The Kier molecular flexibility index (Phi) is 7.42. The van der Waals surface area contributed by atoms with Crippen molar-refractivity contribution in [2.24, 2.45) is 0 Å². The number of thioether (sulfide) groups is 1. The lowest BCUT2D eigenvalue weighted by molar-refractivity contribution is -0.385. The van der Waals surface area contributed by atoms with Gasteiger partial charge in [-0.05, 0) is 47.9 Å². The summed E-state index contributed by atoms with van der Waals surface area (Å²) in [6, 6.07) is 18.8. The molecule has 0 saturated carbocycles. The van der Waals surface area contributed by atoms with Crippen LogP contribution in [-0.4, -0.2) is 27.5 Å². The largest absolute Gasteiger partial charge is 0.325 e. The predicted octanol–water partition coefficient (Wildman–Crippen LogP) is 6.31. The number of amides is 2. The molecule has 178 valence electrons. The fourth-order valence-electron chi connectivity index (χ4n) is 3.34. The van der Waals surface area contributed by atoms with Gasteiger partial charge in [0.05, 0.1) is 20.9 Å². The third-order valence-corrected chi connectivity index (χ3v) is 7.32. The molecule has 2 amide bonds. The fraction of sp³-hybridized carbons (Fsp3) is 0.160. The lowest BCUT2D eigenvalue weighted by Gasteiger charge is -2.08. The standard InChI is InChI=1S/C25H22N4O4S2/c1-15(2)16-7-9-17(10-8-16)26-23(30)14-34-25-28-20-12-11-18(13-22(20)35-25)27-24(31)19-5-3-4-6-21(19)29(32)33/h3-13,15H,14H2,1-2H3,(H,26,30)(H,27,31). The molecule has 0 fully saturated rings. The van der Waals surface area contributed by atoms with E-state index in [1.54, 1.807) is 24.3 Å². The normalized spacial score (nSPS) is 10.9. The average molecular weight is 507 g/mol. The van der Waals surface area contributed by atoms with E-state index >= 15 is 0 Å². The van der Waals surface area contributed by atoms with Gasteiger partial charge in [0, 0.05) is 17.4 Å². The molecule has 0 aliphatic heterocycles. The summed E-state index contributed by atoms with van der Waals surface area (Å²) >= 11 is 2.74. The zero-order valence-corrected chi connectivity index (χ0v) is 20.6. The van der Waals surface area contributed by atoms with Gasteiger partial charge < -0.3 is 10.6 Å². The molecule has 0 saturated heterocycles. The molecule has 2 N–H and O–H groups in total. The van der Waals surface area contributed by atoms with Gasteiger partial charge in [0.25, 0.3) is 11.6 Å². The quantitative estimate of drug-likeness (QED) is 0.164. The summed E-state index contributed by atoms with van der Waals surface area (Å²) in [4.78, 5) is 40.1. The molecule has 0 atom stereocenters. The van der Waals surface area contributed by atoms with E-state index < -0.39 is 10.8 Å². The van der Waals surface area contributed by atoms with E-state index in [4.69, 9.17) is 0 Å². The van der Waals surface area contributed by atoms with Crippen LogP contribution in [0.25, 0.3) is 10.2 Å². The van der Waals surface area contributed by atoms with E-state index in [2.05, 4.69) is 29.5 Å². The van der Waals surface area contributed by atoms with Crippen LogP contribution in [0.5, 0.6) is 0 Å². The highest BCUT2D eigenvalue weighted by molar-refractivity contribution is 8.01. The monoisotopic (exact) mass is 506 g/mol. The maximum Gasteiger partial charge on any atom is 0.282 e. The predicted molar refractivity (Wildman–Crippen MR) is 141 cm³/mol. The number of thiazole rings is 1. The van der Waals surface area contributed by atoms with Crippen LogP contribution in [0, 0.1) is 10.1 Å². The minimum absolute atomic E-state index is 0.0111. The number of anilines is 2. The molecule has 1 aromatic heterocycles. The van der Waals surface area contributed by atoms with Gasteiger partial charge in [-0.15, -0.1) is 11.3 Å². The number of nitro benzene ring substituents is 1. The highest BCUT2D eigenvalue weighted by atomic mass is 32.2. The SMILES string of the molecule is CC(C)c1ccc(NC(=O)CSc2nc3ccc(NC(=O)c4ccccc4[N+](=O)[O-])cc3s2)cc1. The molecule has 0 aliphatic carbocycles. The van der Waals surface area contributed by atoms with Crippen LogP contribution in [0.3, 0.4) is 0 Å². The number of rotatable bonds is 8. The number of fused-ring (bicyclic) bond motifs is 1. The number of aromatic nitrogens is 1. The highest BCUT2D eigenvalue weighted by Crippen LogP contribution is 2.32. The summed E-state index contributed by atoms with van der Waals surface area (Å²) in [5.74, 6) is -0.0367. The molecule has 0 radical (unpaired) electrons. The molecular weight excluding hydrogens is 484 g/mol. The zero-order chi connectivity index (χ0) is 24.9. The second-order valence-corrected chi connectivity index (χ2v) is 10.3. The Labute approximate surface area is 209 Å². The van der Waals surface area contributed by atoms with Gasteiger partial charge in [0.15, 0.2) is 4.34 Å². The third kappa shape index (κ3) is 6.03. The number of carbonyl (C=O) groups excluding carboxylic acids is 2. The molecule has 0 unspecified atom stereocenters. The first-order chi connectivity index (χ1) is 16.8. The van der Waals surface area contributed by atoms with Crippen molar-refractivity contribution in [3.63, 3.8) is 0 Å².